The predicted octanol–water partition coefficient (Wildman–Crippen LogP) is 2.94. The fraction of sp³-hybridized carbons (Fsp3) is 0.333. The standard InChI is InChI=1S/C9H10BrNS/c10-6-1-2-9-7(5-6)8(11)3-4-12-9/h1-2,5,8H,3-4,11H2/t8-/m0/s1. The van der Waals surface area contributed by atoms with Crippen LogP contribution in [0, 0.1) is 0 Å². The second kappa shape index (κ2) is 3.40. The zero-order chi connectivity index (χ0) is 8.55. The van der Waals surface area contributed by atoms with E-state index < -0.39 is 0 Å². The van der Waals surface area contributed by atoms with Crippen LogP contribution in [0.5, 0.6) is 0 Å². The number of rotatable bonds is 0. The minimum Gasteiger partial charge on any atom is -0.324 e. The number of hydrogen-bond acceptors (Lipinski definition) is 2. The monoisotopic (exact) mass is 243 g/mol. The van der Waals surface area contributed by atoms with E-state index in [0.29, 0.717) is 0 Å². The van der Waals surface area contributed by atoms with Crippen molar-refractivity contribution in [2.45, 2.75) is 17.4 Å². The molecule has 0 fully saturated rings. The molecule has 3 heteroatoms. The highest BCUT2D eigenvalue weighted by Gasteiger charge is 2.16. The van der Waals surface area contributed by atoms with Crippen LogP contribution >= 0.6 is 27.7 Å². The molecule has 1 atom stereocenters. The van der Waals surface area contributed by atoms with E-state index in [4.69, 9.17) is 5.73 Å². The first-order valence-electron chi connectivity index (χ1n) is 3.95. The van der Waals surface area contributed by atoms with Crippen molar-refractivity contribution in [2.75, 3.05) is 5.75 Å². The molecule has 0 bridgehead atoms. The van der Waals surface area contributed by atoms with Crippen molar-refractivity contribution in [1.29, 1.82) is 0 Å². The summed E-state index contributed by atoms with van der Waals surface area (Å²) in [5.41, 5.74) is 7.27. The Balaban J connectivity index is 2.47. The molecular weight excluding hydrogens is 234 g/mol. The number of benzene rings is 1. The second-order valence-corrected chi connectivity index (χ2v) is 4.98. The summed E-state index contributed by atoms with van der Waals surface area (Å²) in [7, 11) is 0. The number of halogens is 1. The first-order valence-corrected chi connectivity index (χ1v) is 5.73. The van der Waals surface area contributed by atoms with Gasteiger partial charge in [-0.25, -0.2) is 0 Å². The molecule has 0 aromatic heterocycles. The van der Waals surface area contributed by atoms with Crippen molar-refractivity contribution >= 4 is 27.7 Å². The van der Waals surface area contributed by atoms with E-state index in [1.165, 1.54) is 10.5 Å². The molecule has 2 rings (SSSR count). The summed E-state index contributed by atoms with van der Waals surface area (Å²) in [6.45, 7) is 0. The van der Waals surface area contributed by atoms with Crippen LogP contribution in [-0.4, -0.2) is 5.75 Å². The minimum absolute atomic E-state index is 0.235. The van der Waals surface area contributed by atoms with Gasteiger partial charge in [0.1, 0.15) is 0 Å². The summed E-state index contributed by atoms with van der Waals surface area (Å²) in [5, 5.41) is 0. The van der Waals surface area contributed by atoms with Crippen LogP contribution < -0.4 is 5.73 Å². The second-order valence-electron chi connectivity index (χ2n) is 2.93. The Morgan fingerprint density at radius 1 is 1.50 bits per heavy atom. The van der Waals surface area contributed by atoms with Crippen molar-refractivity contribution in [1.82, 2.24) is 0 Å². The highest BCUT2D eigenvalue weighted by atomic mass is 79.9. The van der Waals surface area contributed by atoms with Crippen molar-refractivity contribution in [3.63, 3.8) is 0 Å². The molecule has 0 radical (unpaired) electrons. The van der Waals surface area contributed by atoms with Crippen molar-refractivity contribution in [2.24, 2.45) is 5.73 Å². The zero-order valence-electron chi connectivity index (χ0n) is 6.59. The first kappa shape index (κ1) is 8.60. The average Bonchev–Trinajstić information content (AvgIpc) is 2.07. The molecule has 1 heterocycles. The van der Waals surface area contributed by atoms with Gasteiger partial charge in [0.15, 0.2) is 0 Å². The van der Waals surface area contributed by atoms with Gasteiger partial charge < -0.3 is 5.73 Å². The Bertz CT molecular complexity index is 301. The summed E-state index contributed by atoms with van der Waals surface area (Å²) < 4.78 is 1.12. The number of fused-ring (bicyclic) bond motifs is 1. The third-order valence-corrected chi connectivity index (χ3v) is 3.67. The SMILES string of the molecule is N[C@H]1CCSc2ccc(Br)cc21. The van der Waals surface area contributed by atoms with E-state index in [1.807, 2.05) is 11.8 Å². The summed E-state index contributed by atoms with van der Waals surface area (Å²) in [6, 6.07) is 6.58. The lowest BCUT2D eigenvalue weighted by Gasteiger charge is -2.21. The van der Waals surface area contributed by atoms with Crippen LogP contribution in [0.2, 0.25) is 0 Å². The molecule has 0 aliphatic carbocycles. The molecule has 0 saturated heterocycles. The Hall–Kier alpha value is 0.01000. The average molecular weight is 244 g/mol. The highest BCUT2D eigenvalue weighted by Crippen LogP contribution is 2.36. The lowest BCUT2D eigenvalue weighted by atomic mass is 10.1. The van der Waals surface area contributed by atoms with Crippen LogP contribution in [0.4, 0.5) is 0 Å². The quantitative estimate of drug-likeness (QED) is 0.759. The van der Waals surface area contributed by atoms with Gasteiger partial charge >= 0.3 is 0 Å². The molecule has 1 aliphatic rings. The van der Waals surface area contributed by atoms with Crippen LogP contribution in [0.25, 0.3) is 0 Å². The largest absolute Gasteiger partial charge is 0.324 e. The topological polar surface area (TPSA) is 26.0 Å². The van der Waals surface area contributed by atoms with Crippen molar-refractivity contribution in [3.8, 4) is 0 Å². The third-order valence-electron chi connectivity index (χ3n) is 2.06. The van der Waals surface area contributed by atoms with Crippen molar-refractivity contribution < 1.29 is 0 Å². The maximum Gasteiger partial charge on any atom is 0.0314 e. The molecule has 1 nitrogen and oxygen atoms in total. The van der Waals surface area contributed by atoms with Crippen LogP contribution in [0.1, 0.15) is 18.0 Å². The van der Waals surface area contributed by atoms with E-state index in [-0.39, 0.29) is 6.04 Å². The molecule has 0 spiro atoms. The van der Waals surface area contributed by atoms with E-state index in [2.05, 4.69) is 34.1 Å². The minimum atomic E-state index is 0.235. The van der Waals surface area contributed by atoms with Gasteiger partial charge in [-0.1, -0.05) is 15.9 Å². The van der Waals surface area contributed by atoms with Gasteiger partial charge in [0.25, 0.3) is 0 Å². The first-order chi connectivity index (χ1) is 5.77. The third kappa shape index (κ3) is 1.53. The van der Waals surface area contributed by atoms with Crippen molar-refractivity contribution in [3.05, 3.63) is 28.2 Å². The molecule has 64 valence electrons. The fourth-order valence-electron chi connectivity index (χ4n) is 1.39. The van der Waals surface area contributed by atoms with Gasteiger partial charge in [0.2, 0.25) is 0 Å². The molecule has 2 N–H and O–H groups in total. The molecule has 12 heavy (non-hydrogen) atoms. The van der Waals surface area contributed by atoms with E-state index in [1.54, 1.807) is 0 Å². The highest BCUT2D eigenvalue weighted by molar-refractivity contribution is 9.10. The number of nitrogens with two attached hydrogens (primary N) is 1. The van der Waals surface area contributed by atoms with E-state index in [9.17, 15) is 0 Å². The van der Waals surface area contributed by atoms with Crippen LogP contribution in [-0.2, 0) is 0 Å². The molecule has 0 amide bonds. The summed E-state index contributed by atoms with van der Waals surface area (Å²) >= 11 is 5.35. The normalized spacial score (nSPS) is 22.0. The van der Waals surface area contributed by atoms with Gasteiger partial charge in [-0.3, -0.25) is 0 Å². The van der Waals surface area contributed by atoms with Gasteiger partial charge in [0.05, 0.1) is 0 Å². The fourth-order valence-corrected chi connectivity index (χ4v) is 2.90. The lowest BCUT2D eigenvalue weighted by molar-refractivity contribution is 0.680. The number of thioether (sulfide) groups is 1. The Morgan fingerprint density at radius 3 is 3.17 bits per heavy atom. The zero-order valence-corrected chi connectivity index (χ0v) is 8.99. The van der Waals surface area contributed by atoms with Gasteiger partial charge in [0, 0.05) is 15.4 Å². The molecule has 0 saturated carbocycles. The van der Waals surface area contributed by atoms with E-state index >= 15 is 0 Å². The molecular formula is C9H10BrNS. The van der Waals surface area contributed by atoms with Crippen LogP contribution in [0.3, 0.4) is 0 Å². The molecule has 0 unspecified atom stereocenters. The van der Waals surface area contributed by atoms with Gasteiger partial charge in [-0.15, -0.1) is 11.8 Å². The maximum atomic E-state index is 5.98. The summed E-state index contributed by atoms with van der Waals surface area (Å²) in [5.74, 6) is 1.15. The molecule has 1 aromatic rings. The summed E-state index contributed by atoms with van der Waals surface area (Å²) in [6.07, 6.45) is 1.09. The van der Waals surface area contributed by atoms with Gasteiger partial charge in [-0.05, 0) is 35.9 Å². The smallest absolute Gasteiger partial charge is 0.0314 e. The lowest BCUT2D eigenvalue weighted by Crippen LogP contribution is -2.15. The Kier molecular flexibility index (Phi) is 2.44. The maximum absolute atomic E-state index is 5.98. The molecule has 1 aliphatic heterocycles. The Labute approximate surface area is 84.9 Å². The Morgan fingerprint density at radius 2 is 2.33 bits per heavy atom. The van der Waals surface area contributed by atoms with Gasteiger partial charge in [-0.2, -0.15) is 0 Å². The number of hydrogen-bond donors (Lipinski definition) is 1. The summed E-state index contributed by atoms with van der Waals surface area (Å²) in [4.78, 5) is 1.34. The van der Waals surface area contributed by atoms with Crippen LogP contribution in [0.15, 0.2) is 27.6 Å². The predicted molar refractivity (Wildman–Crippen MR) is 56.4 cm³/mol. The van der Waals surface area contributed by atoms with E-state index in [0.717, 1.165) is 16.6 Å². The molecule has 1 aromatic carbocycles.